The van der Waals surface area contributed by atoms with Crippen LogP contribution in [0, 0.1) is 17.0 Å². The molecule has 0 aliphatic carbocycles. The minimum absolute atomic E-state index is 0.0269. The predicted octanol–water partition coefficient (Wildman–Crippen LogP) is 3.89. The molecule has 176 valence electrons. The van der Waals surface area contributed by atoms with Crippen LogP contribution in [0.3, 0.4) is 0 Å². The molecule has 0 saturated heterocycles. The van der Waals surface area contributed by atoms with E-state index >= 15 is 0 Å². The summed E-state index contributed by atoms with van der Waals surface area (Å²) in [6.45, 7) is 3.18. The van der Waals surface area contributed by atoms with Crippen LogP contribution in [-0.4, -0.2) is 31.3 Å². The molecule has 11 heteroatoms. The highest BCUT2D eigenvalue weighted by molar-refractivity contribution is 7.92. The van der Waals surface area contributed by atoms with Gasteiger partial charge in [0.2, 0.25) is 0 Å². The van der Waals surface area contributed by atoms with Crippen molar-refractivity contribution in [2.45, 2.75) is 24.8 Å². The van der Waals surface area contributed by atoms with Gasteiger partial charge < -0.3 is 10.1 Å². The Hall–Kier alpha value is -4.25. The third-order valence-electron chi connectivity index (χ3n) is 4.66. The fourth-order valence-corrected chi connectivity index (χ4v) is 3.91. The molecule has 0 saturated carbocycles. The van der Waals surface area contributed by atoms with Gasteiger partial charge in [-0.05, 0) is 50.2 Å². The van der Waals surface area contributed by atoms with Crippen molar-refractivity contribution in [1.29, 1.82) is 0 Å². The van der Waals surface area contributed by atoms with Crippen molar-refractivity contribution in [2.75, 3.05) is 10.0 Å². The summed E-state index contributed by atoms with van der Waals surface area (Å²) >= 11 is 0. The topological polar surface area (TPSA) is 145 Å². The predicted molar refractivity (Wildman–Crippen MR) is 125 cm³/mol. The lowest BCUT2D eigenvalue weighted by molar-refractivity contribution is -0.384. The van der Waals surface area contributed by atoms with E-state index < -0.39 is 32.9 Å². The number of carbonyl (C=O) groups is 2. The maximum Gasteiger partial charge on any atom is 0.338 e. The molecule has 3 aromatic carbocycles. The number of carbonyl (C=O) groups excluding carboxylic acids is 2. The molecule has 0 bridgehead atoms. The minimum atomic E-state index is -3.87. The quantitative estimate of drug-likeness (QED) is 0.281. The molecule has 0 radical (unpaired) electrons. The van der Waals surface area contributed by atoms with Crippen LogP contribution in [0.5, 0.6) is 0 Å². The van der Waals surface area contributed by atoms with Gasteiger partial charge in [0.05, 0.1) is 15.4 Å². The number of ether oxygens (including phenoxy) is 1. The highest BCUT2D eigenvalue weighted by Gasteiger charge is 2.21. The number of hydrogen-bond donors (Lipinski definition) is 2. The van der Waals surface area contributed by atoms with Crippen molar-refractivity contribution < 1.29 is 27.7 Å². The normalized spacial score (nSPS) is 11.8. The smallest absolute Gasteiger partial charge is 0.338 e. The first kappa shape index (κ1) is 24.4. The highest BCUT2D eigenvalue weighted by atomic mass is 32.2. The maximum absolute atomic E-state index is 12.6. The van der Waals surface area contributed by atoms with Crippen LogP contribution < -0.4 is 10.0 Å². The average Bonchev–Trinajstić information content (AvgIpc) is 2.79. The fraction of sp³-hybridized carbons (Fsp3) is 0.130. The number of non-ortho nitro benzene ring substituents is 1. The first-order chi connectivity index (χ1) is 16.0. The number of rotatable bonds is 8. The molecular weight excluding hydrogens is 462 g/mol. The summed E-state index contributed by atoms with van der Waals surface area (Å²) < 4.78 is 32.7. The summed E-state index contributed by atoms with van der Waals surface area (Å²) in [7, 11) is -3.87. The van der Waals surface area contributed by atoms with Gasteiger partial charge >= 0.3 is 5.97 Å². The van der Waals surface area contributed by atoms with Gasteiger partial charge in [-0.25, -0.2) is 13.2 Å². The lowest BCUT2D eigenvalue weighted by atomic mass is 10.2. The second kappa shape index (κ2) is 10.1. The van der Waals surface area contributed by atoms with Gasteiger partial charge in [0.15, 0.2) is 6.10 Å². The molecule has 3 rings (SSSR count). The van der Waals surface area contributed by atoms with E-state index in [4.69, 9.17) is 4.74 Å². The lowest BCUT2D eigenvalue weighted by Gasteiger charge is -2.14. The van der Waals surface area contributed by atoms with Gasteiger partial charge in [-0.2, -0.15) is 0 Å². The second-order valence-corrected chi connectivity index (χ2v) is 9.03. The van der Waals surface area contributed by atoms with E-state index in [0.717, 1.165) is 5.56 Å². The van der Waals surface area contributed by atoms with Crippen LogP contribution in [-0.2, 0) is 19.6 Å². The molecule has 2 N–H and O–H groups in total. The molecule has 3 aromatic rings. The third-order valence-corrected chi connectivity index (χ3v) is 6.06. The molecular formula is C23H21N3O7S. The number of benzene rings is 3. The van der Waals surface area contributed by atoms with Crippen molar-refractivity contribution in [3.8, 4) is 0 Å². The largest absolute Gasteiger partial charge is 0.449 e. The van der Waals surface area contributed by atoms with Crippen LogP contribution in [0.25, 0.3) is 0 Å². The Morgan fingerprint density at radius 3 is 2.29 bits per heavy atom. The van der Waals surface area contributed by atoms with Gasteiger partial charge in [-0.3, -0.25) is 19.6 Å². The molecule has 1 atom stereocenters. The molecule has 0 spiro atoms. The Bertz CT molecular complexity index is 1340. The first-order valence-electron chi connectivity index (χ1n) is 10.0. The van der Waals surface area contributed by atoms with Crippen LogP contribution in [0.1, 0.15) is 22.8 Å². The number of hydrogen-bond acceptors (Lipinski definition) is 7. The summed E-state index contributed by atoms with van der Waals surface area (Å²) in [5.41, 5.74) is 1.05. The Labute approximate surface area is 195 Å². The zero-order chi connectivity index (χ0) is 24.9. The van der Waals surface area contributed by atoms with E-state index in [0.29, 0.717) is 0 Å². The summed E-state index contributed by atoms with van der Waals surface area (Å²) in [6.07, 6.45) is -1.22. The molecule has 0 aliphatic rings. The molecule has 0 aromatic heterocycles. The fourth-order valence-electron chi connectivity index (χ4n) is 2.86. The number of aryl methyl sites for hydroxylation is 1. The van der Waals surface area contributed by atoms with E-state index in [1.165, 1.54) is 67.6 Å². The van der Waals surface area contributed by atoms with Crippen molar-refractivity contribution in [3.63, 3.8) is 0 Å². The molecule has 1 unspecified atom stereocenters. The van der Waals surface area contributed by atoms with Gasteiger partial charge in [-0.15, -0.1) is 0 Å². The molecule has 0 fully saturated rings. The Kier molecular flexibility index (Phi) is 7.27. The number of nitrogens with one attached hydrogen (secondary N) is 2. The standard InChI is InChI=1S/C23H21N3O7S/c1-15-9-11-21(12-10-15)34(31,32)25-19-7-3-5-17(13-19)23(28)33-16(2)22(27)24-18-6-4-8-20(14-18)26(29)30/h3-14,16,25H,1-2H3,(H,24,27). The Morgan fingerprint density at radius 1 is 0.971 bits per heavy atom. The van der Waals surface area contributed by atoms with Gasteiger partial charge in [-0.1, -0.05) is 29.8 Å². The Balaban J connectivity index is 1.66. The molecule has 34 heavy (non-hydrogen) atoms. The van der Waals surface area contributed by atoms with Gasteiger partial charge in [0.25, 0.3) is 21.6 Å². The summed E-state index contributed by atoms with van der Waals surface area (Å²) in [4.78, 5) is 35.2. The third kappa shape index (κ3) is 6.17. The summed E-state index contributed by atoms with van der Waals surface area (Å²) in [5.74, 6) is -1.54. The second-order valence-electron chi connectivity index (χ2n) is 7.34. The zero-order valence-corrected chi connectivity index (χ0v) is 19.0. The summed E-state index contributed by atoms with van der Waals surface area (Å²) in [5, 5.41) is 13.3. The number of amides is 1. The lowest BCUT2D eigenvalue weighted by Crippen LogP contribution is -2.30. The van der Waals surface area contributed by atoms with Crippen LogP contribution in [0.4, 0.5) is 17.1 Å². The van der Waals surface area contributed by atoms with Crippen molar-refractivity contribution in [3.05, 3.63) is 94.0 Å². The average molecular weight is 484 g/mol. The SMILES string of the molecule is Cc1ccc(S(=O)(=O)Nc2cccc(C(=O)OC(C)C(=O)Nc3cccc([N+](=O)[O-])c3)c2)cc1. The Morgan fingerprint density at radius 2 is 1.62 bits per heavy atom. The van der Waals surface area contributed by atoms with E-state index in [1.54, 1.807) is 12.1 Å². The monoisotopic (exact) mass is 483 g/mol. The minimum Gasteiger partial charge on any atom is -0.449 e. The maximum atomic E-state index is 12.6. The van der Waals surface area contributed by atoms with Crippen molar-refractivity contribution in [1.82, 2.24) is 0 Å². The molecule has 0 heterocycles. The van der Waals surface area contributed by atoms with Crippen LogP contribution >= 0.6 is 0 Å². The van der Waals surface area contributed by atoms with Gasteiger partial charge in [0, 0.05) is 23.5 Å². The van der Waals surface area contributed by atoms with Crippen molar-refractivity contribution >= 4 is 39.0 Å². The van der Waals surface area contributed by atoms with E-state index in [-0.39, 0.29) is 27.5 Å². The molecule has 0 aliphatic heterocycles. The number of esters is 1. The summed E-state index contributed by atoms with van der Waals surface area (Å²) in [6, 6.07) is 17.3. The highest BCUT2D eigenvalue weighted by Crippen LogP contribution is 2.20. The molecule has 1 amide bonds. The number of anilines is 2. The van der Waals surface area contributed by atoms with E-state index in [2.05, 4.69) is 10.0 Å². The zero-order valence-electron chi connectivity index (χ0n) is 18.2. The van der Waals surface area contributed by atoms with E-state index in [1.807, 2.05) is 6.92 Å². The van der Waals surface area contributed by atoms with Crippen LogP contribution in [0.2, 0.25) is 0 Å². The molecule has 10 nitrogen and oxygen atoms in total. The number of nitro benzene ring substituents is 1. The number of sulfonamides is 1. The number of nitro groups is 1. The number of nitrogens with zero attached hydrogens (tertiary/aromatic N) is 1. The first-order valence-corrected chi connectivity index (χ1v) is 11.5. The van der Waals surface area contributed by atoms with E-state index in [9.17, 15) is 28.1 Å². The van der Waals surface area contributed by atoms with Crippen molar-refractivity contribution in [2.24, 2.45) is 0 Å². The van der Waals surface area contributed by atoms with Crippen LogP contribution in [0.15, 0.2) is 77.7 Å². The van der Waals surface area contributed by atoms with Gasteiger partial charge in [0.1, 0.15) is 0 Å².